The average molecular weight is 370 g/mol. The van der Waals surface area contributed by atoms with E-state index in [0.29, 0.717) is 29.3 Å². The fourth-order valence-corrected chi connectivity index (χ4v) is 2.83. The topological polar surface area (TPSA) is 117 Å². The van der Waals surface area contributed by atoms with Gasteiger partial charge in [-0.05, 0) is 25.5 Å². The fraction of sp³-hybridized carbons (Fsp3) is 0.333. The number of fused-ring (bicyclic) bond motifs is 1. The zero-order valence-corrected chi connectivity index (χ0v) is 15.5. The van der Waals surface area contributed by atoms with Gasteiger partial charge in [0.25, 0.3) is 5.56 Å². The second-order valence-electron chi connectivity index (χ2n) is 6.26. The molecule has 0 saturated heterocycles. The Morgan fingerprint density at radius 1 is 1.33 bits per heavy atom. The Morgan fingerprint density at radius 2 is 2.07 bits per heavy atom. The number of imidazole rings is 1. The quantitative estimate of drug-likeness (QED) is 0.451. The number of unbranched alkanes of at least 4 members (excludes halogenated alkanes) is 1. The number of nitrogens with one attached hydrogen (secondary N) is 2. The lowest BCUT2D eigenvalue weighted by Crippen LogP contribution is -2.29. The molecule has 9 heteroatoms. The van der Waals surface area contributed by atoms with Crippen LogP contribution in [0.15, 0.2) is 39.0 Å². The van der Waals surface area contributed by atoms with E-state index in [0.717, 1.165) is 12.8 Å². The van der Waals surface area contributed by atoms with Gasteiger partial charge in [-0.2, -0.15) is 10.1 Å². The molecule has 0 saturated carbocycles. The number of phenols is 1. The number of aryl methyl sites for hydroxylation is 2. The van der Waals surface area contributed by atoms with Crippen molar-refractivity contribution in [2.24, 2.45) is 12.1 Å². The van der Waals surface area contributed by atoms with Crippen LogP contribution in [0.1, 0.15) is 32.3 Å². The number of rotatable bonds is 6. The maximum atomic E-state index is 12.3. The van der Waals surface area contributed by atoms with Gasteiger partial charge < -0.3 is 9.67 Å². The summed E-state index contributed by atoms with van der Waals surface area (Å²) in [6.07, 6.45) is 1.77. The van der Waals surface area contributed by atoms with E-state index in [9.17, 15) is 14.7 Å². The van der Waals surface area contributed by atoms with Crippen molar-refractivity contribution in [1.29, 1.82) is 0 Å². The molecule has 0 bridgehead atoms. The summed E-state index contributed by atoms with van der Waals surface area (Å²) in [4.78, 5) is 30.9. The van der Waals surface area contributed by atoms with E-state index in [1.54, 1.807) is 42.8 Å². The molecule has 0 aliphatic rings. The smallest absolute Gasteiger partial charge is 0.329 e. The molecule has 1 aromatic carbocycles. The van der Waals surface area contributed by atoms with Crippen LogP contribution in [0.25, 0.3) is 11.2 Å². The van der Waals surface area contributed by atoms with Gasteiger partial charge in [-0.15, -0.1) is 0 Å². The van der Waals surface area contributed by atoms with Crippen LogP contribution in [-0.2, 0) is 13.6 Å². The maximum absolute atomic E-state index is 12.3. The molecular weight excluding hydrogens is 348 g/mol. The number of nitrogens with zero attached hydrogens (tertiary/aromatic N) is 4. The van der Waals surface area contributed by atoms with Crippen molar-refractivity contribution in [1.82, 2.24) is 19.1 Å². The third-order valence-corrected chi connectivity index (χ3v) is 4.36. The Balaban J connectivity index is 2.08. The van der Waals surface area contributed by atoms with E-state index in [4.69, 9.17) is 0 Å². The predicted octanol–water partition coefficient (Wildman–Crippen LogP) is 1.77. The number of hydrazone groups is 1. The lowest BCUT2D eigenvalue weighted by molar-refractivity contribution is 0.474. The van der Waals surface area contributed by atoms with Gasteiger partial charge in [-0.1, -0.05) is 25.5 Å². The minimum atomic E-state index is -0.520. The SMILES string of the molecule is CCCCn1c(NN=C(C)c2ccccc2O)nc2c1c(=O)[nH]c(=O)n2C. The number of aromatic nitrogens is 4. The van der Waals surface area contributed by atoms with Gasteiger partial charge in [-0.3, -0.25) is 14.3 Å². The Labute approximate surface area is 155 Å². The third-order valence-electron chi connectivity index (χ3n) is 4.36. The van der Waals surface area contributed by atoms with Crippen molar-refractivity contribution in [2.45, 2.75) is 33.2 Å². The Bertz CT molecular complexity index is 1120. The second kappa shape index (κ2) is 7.48. The van der Waals surface area contributed by atoms with E-state index in [1.165, 1.54) is 4.57 Å². The highest BCUT2D eigenvalue weighted by molar-refractivity contribution is 6.01. The van der Waals surface area contributed by atoms with Crippen LogP contribution >= 0.6 is 0 Å². The fourth-order valence-electron chi connectivity index (χ4n) is 2.83. The Kier molecular flexibility index (Phi) is 5.11. The van der Waals surface area contributed by atoms with Crippen LogP contribution < -0.4 is 16.7 Å². The highest BCUT2D eigenvalue weighted by Crippen LogP contribution is 2.19. The van der Waals surface area contributed by atoms with Crippen molar-refractivity contribution < 1.29 is 5.11 Å². The average Bonchev–Trinajstić information content (AvgIpc) is 3.02. The van der Waals surface area contributed by atoms with Crippen LogP contribution in [0.3, 0.4) is 0 Å². The number of benzene rings is 1. The number of para-hydroxylation sites is 1. The zero-order valence-electron chi connectivity index (χ0n) is 15.5. The van der Waals surface area contributed by atoms with Gasteiger partial charge in [0.05, 0.1) is 5.71 Å². The van der Waals surface area contributed by atoms with E-state index < -0.39 is 11.2 Å². The van der Waals surface area contributed by atoms with E-state index in [1.807, 2.05) is 6.92 Å². The summed E-state index contributed by atoms with van der Waals surface area (Å²) < 4.78 is 3.02. The van der Waals surface area contributed by atoms with Gasteiger partial charge in [0, 0.05) is 19.2 Å². The Hall–Kier alpha value is -3.36. The first-order valence-electron chi connectivity index (χ1n) is 8.72. The van der Waals surface area contributed by atoms with E-state index >= 15 is 0 Å². The summed E-state index contributed by atoms with van der Waals surface area (Å²) in [5, 5.41) is 14.2. The van der Waals surface area contributed by atoms with E-state index in [2.05, 4.69) is 20.5 Å². The first kappa shape index (κ1) is 18.4. The molecule has 3 aromatic rings. The molecule has 2 aromatic heterocycles. The molecule has 9 nitrogen and oxygen atoms in total. The van der Waals surface area contributed by atoms with Crippen LogP contribution in [0.5, 0.6) is 5.75 Å². The minimum Gasteiger partial charge on any atom is -0.507 e. The second-order valence-corrected chi connectivity index (χ2v) is 6.26. The van der Waals surface area contributed by atoms with Crippen molar-refractivity contribution in [3.8, 4) is 5.75 Å². The summed E-state index contributed by atoms with van der Waals surface area (Å²) in [6.45, 7) is 4.36. The normalized spacial score (nSPS) is 11.9. The molecule has 0 aliphatic carbocycles. The monoisotopic (exact) mass is 370 g/mol. The lowest BCUT2D eigenvalue weighted by Gasteiger charge is -2.08. The highest BCUT2D eigenvalue weighted by Gasteiger charge is 2.17. The number of aromatic amines is 1. The molecule has 3 rings (SSSR count). The molecule has 0 spiro atoms. The molecule has 0 aliphatic heterocycles. The number of aromatic hydroxyl groups is 1. The van der Waals surface area contributed by atoms with Gasteiger partial charge in [-0.25, -0.2) is 10.2 Å². The standard InChI is InChI=1S/C18H22N6O3/c1-4-5-10-24-14-15(23(3)18(27)20-16(14)26)19-17(24)22-21-11(2)12-8-6-7-9-13(12)25/h6-9,25H,4-5,10H2,1-3H3,(H,19,22)(H,20,26,27). The summed E-state index contributed by atoms with van der Waals surface area (Å²) in [5.41, 5.74) is 3.63. The molecule has 3 N–H and O–H groups in total. The minimum absolute atomic E-state index is 0.124. The van der Waals surface area contributed by atoms with Crippen LogP contribution in [0.2, 0.25) is 0 Å². The molecule has 0 radical (unpaired) electrons. The lowest BCUT2D eigenvalue weighted by atomic mass is 10.1. The van der Waals surface area contributed by atoms with Crippen molar-refractivity contribution in [3.63, 3.8) is 0 Å². The van der Waals surface area contributed by atoms with Crippen LogP contribution in [0, 0.1) is 0 Å². The predicted molar refractivity (Wildman–Crippen MR) is 104 cm³/mol. The largest absolute Gasteiger partial charge is 0.507 e. The summed E-state index contributed by atoms with van der Waals surface area (Å²) in [6, 6.07) is 6.88. The molecule has 27 heavy (non-hydrogen) atoms. The number of H-pyrrole nitrogens is 1. The van der Waals surface area contributed by atoms with Gasteiger partial charge in [0.2, 0.25) is 5.95 Å². The van der Waals surface area contributed by atoms with Crippen LogP contribution in [-0.4, -0.2) is 29.9 Å². The summed E-state index contributed by atoms with van der Waals surface area (Å²) in [5.74, 6) is 0.485. The molecule has 0 unspecified atom stereocenters. The van der Waals surface area contributed by atoms with Crippen molar-refractivity contribution in [3.05, 3.63) is 50.7 Å². The summed E-state index contributed by atoms with van der Waals surface area (Å²) >= 11 is 0. The number of anilines is 1. The Morgan fingerprint density at radius 3 is 2.78 bits per heavy atom. The third kappa shape index (κ3) is 3.48. The van der Waals surface area contributed by atoms with E-state index in [-0.39, 0.29) is 11.4 Å². The van der Waals surface area contributed by atoms with Gasteiger partial charge in [0.15, 0.2) is 11.2 Å². The number of phenolic OH excluding ortho intramolecular Hbond substituents is 1. The van der Waals surface area contributed by atoms with Gasteiger partial charge >= 0.3 is 5.69 Å². The molecule has 0 amide bonds. The molecule has 2 heterocycles. The molecule has 0 atom stereocenters. The molecule has 142 valence electrons. The maximum Gasteiger partial charge on any atom is 0.329 e. The highest BCUT2D eigenvalue weighted by atomic mass is 16.3. The first-order chi connectivity index (χ1) is 12.9. The zero-order chi connectivity index (χ0) is 19.6. The number of hydrogen-bond donors (Lipinski definition) is 3. The van der Waals surface area contributed by atoms with Crippen molar-refractivity contribution in [2.75, 3.05) is 5.43 Å². The molecule has 0 fully saturated rings. The summed E-state index contributed by atoms with van der Waals surface area (Å²) in [7, 11) is 1.55. The van der Waals surface area contributed by atoms with Crippen molar-refractivity contribution >= 4 is 22.8 Å². The molecular formula is C18H22N6O3. The van der Waals surface area contributed by atoms with Crippen LogP contribution in [0.4, 0.5) is 5.95 Å². The number of hydrogen-bond acceptors (Lipinski definition) is 6. The van der Waals surface area contributed by atoms with Gasteiger partial charge in [0.1, 0.15) is 5.75 Å². The first-order valence-corrected chi connectivity index (χ1v) is 8.72.